The van der Waals surface area contributed by atoms with Gasteiger partial charge < -0.3 is 10.8 Å². The van der Waals surface area contributed by atoms with Gasteiger partial charge >= 0.3 is 0 Å². The van der Waals surface area contributed by atoms with E-state index >= 15 is 0 Å². The van der Waals surface area contributed by atoms with E-state index in [1.54, 1.807) is 11.8 Å². The summed E-state index contributed by atoms with van der Waals surface area (Å²) in [4.78, 5) is 1.16. The maximum Gasteiger partial charge on any atom is 0.0662 e. The van der Waals surface area contributed by atoms with E-state index < -0.39 is 0 Å². The molecule has 2 atom stereocenters. The van der Waals surface area contributed by atoms with E-state index in [0.717, 1.165) is 29.8 Å². The normalized spacial score (nSPS) is 26.6. The number of thioether (sulfide) groups is 1. The average Bonchev–Trinajstić information content (AvgIpc) is 2.52. The Morgan fingerprint density at radius 2 is 2.21 bits per heavy atom. The summed E-state index contributed by atoms with van der Waals surface area (Å²) < 4.78 is 0. The van der Waals surface area contributed by atoms with E-state index in [-0.39, 0.29) is 6.10 Å². The van der Waals surface area contributed by atoms with E-state index in [1.807, 2.05) is 24.3 Å². The van der Waals surface area contributed by atoms with Gasteiger partial charge in [0.05, 0.1) is 6.10 Å². The van der Waals surface area contributed by atoms with Crippen LogP contribution in [0.3, 0.4) is 0 Å². The van der Waals surface area contributed by atoms with Crippen LogP contribution in [-0.4, -0.2) is 16.5 Å². The molecule has 1 saturated carbocycles. The second-order valence-electron chi connectivity index (χ2n) is 3.73. The van der Waals surface area contributed by atoms with Crippen LogP contribution < -0.4 is 5.73 Å². The molecule has 2 unspecified atom stereocenters. The summed E-state index contributed by atoms with van der Waals surface area (Å²) in [6.07, 6.45) is 3.06. The van der Waals surface area contributed by atoms with Crippen LogP contribution in [-0.2, 0) is 0 Å². The van der Waals surface area contributed by atoms with Crippen molar-refractivity contribution in [1.29, 1.82) is 0 Å². The molecule has 1 aromatic carbocycles. The van der Waals surface area contributed by atoms with Gasteiger partial charge in [-0.25, -0.2) is 0 Å². The van der Waals surface area contributed by atoms with Gasteiger partial charge in [0.15, 0.2) is 0 Å². The Hall–Kier alpha value is -0.670. The number of aliphatic hydroxyl groups excluding tert-OH is 1. The summed E-state index contributed by atoms with van der Waals surface area (Å²) >= 11 is 1.74. The zero-order valence-electron chi connectivity index (χ0n) is 8.02. The standard InChI is InChI=1S/C11H15NOS/c12-8-3-1-4-9(7-8)14-11-6-2-5-10(11)13/h1,3-4,7,10-11,13H,2,5-6,12H2. The third kappa shape index (κ3) is 2.22. The first-order valence-electron chi connectivity index (χ1n) is 4.96. The quantitative estimate of drug-likeness (QED) is 0.734. The van der Waals surface area contributed by atoms with Crippen LogP contribution >= 0.6 is 11.8 Å². The smallest absolute Gasteiger partial charge is 0.0662 e. The molecule has 0 heterocycles. The second kappa shape index (κ2) is 4.24. The summed E-state index contributed by atoms with van der Waals surface area (Å²) in [5.41, 5.74) is 6.49. The minimum Gasteiger partial charge on any atom is -0.399 e. The Bertz CT molecular complexity index is 316. The average molecular weight is 209 g/mol. The predicted molar refractivity (Wildman–Crippen MR) is 60.4 cm³/mol. The molecule has 0 spiro atoms. The Morgan fingerprint density at radius 1 is 1.36 bits per heavy atom. The first kappa shape index (κ1) is 9.87. The molecular formula is C11H15NOS. The number of nitrogen functional groups attached to an aromatic ring is 1. The number of nitrogens with two attached hydrogens (primary N) is 1. The molecule has 0 bridgehead atoms. The summed E-state index contributed by atoms with van der Waals surface area (Å²) in [6, 6.07) is 7.86. The summed E-state index contributed by atoms with van der Waals surface area (Å²) in [5, 5.41) is 10.0. The monoisotopic (exact) mass is 209 g/mol. The van der Waals surface area contributed by atoms with Gasteiger partial charge in [0.1, 0.15) is 0 Å². The summed E-state index contributed by atoms with van der Waals surface area (Å²) in [6.45, 7) is 0. The number of hydrogen-bond acceptors (Lipinski definition) is 3. The van der Waals surface area contributed by atoms with Crippen LogP contribution in [0, 0.1) is 0 Å². The fraction of sp³-hybridized carbons (Fsp3) is 0.455. The molecule has 0 aromatic heterocycles. The van der Waals surface area contributed by atoms with Crippen LogP contribution in [0.2, 0.25) is 0 Å². The van der Waals surface area contributed by atoms with Gasteiger partial charge in [-0.05, 0) is 37.5 Å². The van der Waals surface area contributed by atoms with Gasteiger partial charge in [0, 0.05) is 15.8 Å². The molecule has 0 radical (unpaired) electrons. The molecule has 3 heteroatoms. The molecule has 0 saturated heterocycles. The van der Waals surface area contributed by atoms with Crippen molar-refractivity contribution in [3.63, 3.8) is 0 Å². The van der Waals surface area contributed by atoms with Crippen molar-refractivity contribution in [2.75, 3.05) is 5.73 Å². The molecule has 0 aliphatic heterocycles. The lowest BCUT2D eigenvalue weighted by Gasteiger charge is -2.13. The molecule has 1 aliphatic rings. The van der Waals surface area contributed by atoms with Crippen LogP contribution in [0.4, 0.5) is 5.69 Å². The lowest BCUT2D eigenvalue weighted by molar-refractivity contribution is 0.188. The molecule has 1 aromatic rings. The fourth-order valence-electron chi connectivity index (χ4n) is 1.81. The highest BCUT2D eigenvalue weighted by Crippen LogP contribution is 2.35. The van der Waals surface area contributed by atoms with Crippen molar-refractivity contribution in [3.8, 4) is 0 Å². The largest absolute Gasteiger partial charge is 0.399 e. The Kier molecular flexibility index (Phi) is 2.99. The van der Waals surface area contributed by atoms with Crippen molar-refractivity contribution >= 4 is 17.4 Å². The first-order valence-corrected chi connectivity index (χ1v) is 5.84. The lowest BCUT2D eigenvalue weighted by atomic mass is 10.3. The van der Waals surface area contributed by atoms with Crippen molar-refractivity contribution in [1.82, 2.24) is 0 Å². The van der Waals surface area contributed by atoms with Crippen molar-refractivity contribution in [2.45, 2.75) is 35.5 Å². The SMILES string of the molecule is Nc1cccc(SC2CCCC2O)c1. The predicted octanol–water partition coefficient (Wildman–Crippen LogP) is 2.27. The molecule has 0 amide bonds. The van der Waals surface area contributed by atoms with Gasteiger partial charge in [-0.15, -0.1) is 11.8 Å². The molecular weight excluding hydrogens is 194 g/mol. The molecule has 2 nitrogen and oxygen atoms in total. The van der Waals surface area contributed by atoms with Crippen LogP contribution in [0.5, 0.6) is 0 Å². The minimum atomic E-state index is -0.138. The molecule has 2 rings (SSSR count). The number of rotatable bonds is 2. The number of anilines is 1. The first-order chi connectivity index (χ1) is 6.75. The number of hydrogen-bond donors (Lipinski definition) is 2. The topological polar surface area (TPSA) is 46.2 Å². The third-order valence-corrected chi connectivity index (χ3v) is 3.94. The van der Waals surface area contributed by atoms with Crippen molar-refractivity contribution in [3.05, 3.63) is 24.3 Å². The Balaban J connectivity index is 2.03. The summed E-state index contributed by atoms with van der Waals surface area (Å²) in [7, 11) is 0. The van der Waals surface area contributed by atoms with E-state index in [2.05, 4.69) is 0 Å². The van der Waals surface area contributed by atoms with Gasteiger partial charge in [0.2, 0.25) is 0 Å². The molecule has 1 fully saturated rings. The lowest BCUT2D eigenvalue weighted by Crippen LogP contribution is -2.14. The Labute approximate surface area is 88.5 Å². The van der Waals surface area contributed by atoms with E-state index in [0.29, 0.717) is 5.25 Å². The Morgan fingerprint density at radius 3 is 2.86 bits per heavy atom. The molecule has 3 N–H and O–H groups in total. The van der Waals surface area contributed by atoms with Crippen LogP contribution in [0.25, 0.3) is 0 Å². The van der Waals surface area contributed by atoms with Crippen molar-refractivity contribution in [2.24, 2.45) is 0 Å². The van der Waals surface area contributed by atoms with Crippen molar-refractivity contribution < 1.29 is 5.11 Å². The number of aliphatic hydroxyl groups is 1. The molecule has 76 valence electrons. The molecule has 1 aliphatic carbocycles. The maximum atomic E-state index is 9.67. The molecule has 14 heavy (non-hydrogen) atoms. The second-order valence-corrected chi connectivity index (χ2v) is 5.04. The highest BCUT2D eigenvalue weighted by molar-refractivity contribution is 8.00. The summed E-state index contributed by atoms with van der Waals surface area (Å²) in [5.74, 6) is 0. The van der Waals surface area contributed by atoms with Crippen LogP contribution in [0.1, 0.15) is 19.3 Å². The van der Waals surface area contributed by atoms with E-state index in [4.69, 9.17) is 5.73 Å². The minimum absolute atomic E-state index is 0.138. The van der Waals surface area contributed by atoms with Gasteiger partial charge in [-0.1, -0.05) is 6.07 Å². The highest BCUT2D eigenvalue weighted by atomic mass is 32.2. The highest BCUT2D eigenvalue weighted by Gasteiger charge is 2.25. The van der Waals surface area contributed by atoms with Gasteiger partial charge in [-0.2, -0.15) is 0 Å². The third-order valence-electron chi connectivity index (χ3n) is 2.56. The van der Waals surface area contributed by atoms with Crippen LogP contribution in [0.15, 0.2) is 29.2 Å². The zero-order chi connectivity index (χ0) is 9.97. The van der Waals surface area contributed by atoms with E-state index in [9.17, 15) is 5.11 Å². The van der Waals surface area contributed by atoms with Gasteiger partial charge in [0.25, 0.3) is 0 Å². The van der Waals surface area contributed by atoms with Gasteiger partial charge in [-0.3, -0.25) is 0 Å². The number of benzene rings is 1. The fourth-order valence-corrected chi connectivity index (χ4v) is 3.10. The zero-order valence-corrected chi connectivity index (χ0v) is 8.83. The maximum absolute atomic E-state index is 9.67. The van der Waals surface area contributed by atoms with E-state index in [1.165, 1.54) is 0 Å².